The van der Waals surface area contributed by atoms with Crippen LogP contribution in [0, 0.1) is 17.8 Å². The van der Waals surface area contributed by atoms with E-state index in [9.17, 15) is 0 Å². The maximum Gasteiger partial charge on any atom is -0.0162 e. The molecule has 2 fully saturated rings. The molecule has 0 unspecified atom stereocenters. The van der Waals surface area contributed by atoms with Crippen molar-refractivity contribution in [3.05, 3.63) is 35.4 Å². The number of rotatable bonds is 8. The lowest BCUT2D eigenvalue weighted by molar-refractivity contribution is 0.241. The molecule has 1 aromatic rings. The second kappa shape index (κ2) is 10.5. The van der Waals surface area contributed by atoms with E-state index in [2.05, 4.69) is 38.1 Å². The second-order valence-corrected chi connectivity index (χ2v) is 9.44. The molecular weight excluding hydrogens is 312 g/mol. The Kier molecular flexibility index (Phi) is 8.08. The van der Waals surface area contributed by atoms with Crippen LogP contribution in [-0.4, -0.2) is 0 Å². The quantitative estimate of drug-likeness (QED) is 0.440. The summed E-state index contributed by atoms with van der Waals surface area (Å²) in [5.74, 6) is 3.98. The van der Waals surface area contributed by atoms with Gasteiger partial charge in [-0.2, -0.15) is 0 Å². The van der Waals surface area contributed by atoms with Gasteiger partial charge in [-0.05, 0) is 66.9 Å². The zero-order valence-electron chi connectivity index (χ0n) is 17.5. The van der Waals surface area contributed by atoms with Crippen LogP contribution in [-0.2, 0) is 6.42 Å². The topological polar surface area (TPSA) is 0 Å². The van der Waals surface area contributed by atoms with E-state index in [1.165, 1.54) is 95.5 Å². The minimum Gasteiger partial charge on any atom is -0.0651 e. The Bertz CT molecular complexity index is 483. The van der Waals surface area contributed by atoms with Crippen LogP contribution < -0.4 is 0 Å². The zero-order valence-corrected chi connectivity index (χ0v) is 17.5. The van der Waals surface area contributed by atoms with Gasteiger partial charge in [-0.3, -0.25) is 0 Å². The van der Waals surface area contributed by atoms with Gasteiger partial charge in [0.2, 0.25) is 0 Å². The lowest BCUT2D eigenvalue weighted by Crippen LogP contribution is -2.16. The highest BCUT2D eigenvalue weighted by Crippen LogP contribution is 2.39. The summed E-state index contributed by atoms with van der Waals surface area (Å²) in [4.78, 5) is 0. The summed E-state index contributed by atoms with van der Waals surface area (Å²) in [6.07, 6.45) is 20.3. The Hall–Kier alpha value is -0.780. The summed E-state index contributed by atoms with van der Waals surface area (Å²) < 4.78 is 0. The lowest BCUT2D eigenvalue weighted by Gasteiger charge is -2.30. The molecule has 2 aliphatic carbocycles. The Morgan fingerprint density at radius 3 is 1.77 bits per heavy atom. The van der Waals surface area contributed by atoms with Crippen molar-refractivity contribution in [3.63, 3.8) is 0 Å². The minimum atomic E-state index is 0.839. The van der Waals surface area contributed by atoms with Crippen LogP contribution in [0.1, 0.15) is 114 Å². The maximum absolute atomic E-state index is 2.42. The largest absolute Gasteiger partial charge is 0.0651 e. The first-order valence-electron chi connectivity index (χ1n) is 11.9. The van der Waals surface area contributed by atoms with Crippen LogP contribution in [0.3, 0.4) is 0 Å². The average Bonchev–Trinajstić information content (AvgIpc) is 2.70. The van der Waals surface area contributed by atoms with E-state index >= 15 is 0 Å². The van der Waals surface area contributed by atoms with E-state index in [-0.39, 0.29) is 0 Å². The molecule has 0 heterocycles. The molecule has 2 saturated carbocycles. The fourth-order valence-electron chi connectivity index (χ4n) is 5.65. The van der Waals surface area contributed by atoms with E-state index in [0.717, 1.165) is 23.7 Å². The van der Waals surface area contributed by atoms with Gasteiger partial charge in [0.25, 0.3) is 0 Å². The lowest BCUT2D eigenvalue weighted by atomic mass is 9.75. The van der Waals surface area contributed by atoms with Crippen LogP contribution in [0.2, 0.25) is 0 Å². The Labute approximate surface area is 163 Å². The maximum atomic E-state index is 2.42. The minimum absolute atomic E-state index is 0.839. The third-order valence-electron chi connectivity index (χ3n) is 7.60. The molecule has 0 atom stereocenters. The summed E-state index contributed by atoms with van der Waals surface area (Å²) >= 11 is 0. The van der Waals surface area contributed by atoms with E-state index in [1.54, 1.807) is 5.56 Å². The van der Waals surface area contributed by atoms with Gasteiger partial charge in [-0.1, -0.05) is 95.9 Å². The molecule has 146 valence electrons. The number of hydrogen-bond donors (Lipinski definition) is 0. The first kappa shape index (κ1) is 20.0. The molecule has 0 N–H and O–H groups in total. The Balaban J connectivity index is 1.32. The standard InChI is InChI=1S/C26H42/c1-3-6-22-13-17-25(18-14-22)26-19-15-24(16-20-26)8-5-7-23-11-9-21(4-2)10-12-23/h13-14,17-18,21,23-24,26H,3-12,15-16,19-20H2,1-2H3. The summed E-state index contributed by atoms with van der Waals surface area (Å²) in [7, 11) is 0. The van der Waals surface area contributed by atoms with Crippen molar-refractivity contribution < 1.29 is 0 Å². The Morgan fingerprint density at radius 1 is 0.692 bits per heavy atom. The highest BCUT2D eigenvalue weighted by molar-refractivity contribution is 5.25. The van der Waals surface area contributed by atoms with Crippen molar-refractivity contribution in [3.8, 4) is 0 Å². The summed E-state index contributed by atoms with van der Waals surface area (Å²) in [6.45, 7) is 4.65. The van der Waals surface area contributed by atoms with E-state index < -0.39 is 0 Å². The molecule has 0 aliphatic heterocycles. The normalized spacial score (nSPS) is 29.6. The van der Waals surface area contributed by atoms with Gasteiger partial charge in [0.1, 0.15) is 0 Å². The molecule has 0 radical (unpaired) electrons. The third-order valence-corrected chi connectivity index (χ3v) is 7.60. The first-order chi connectivity index (χ1) is 12.8. The molecule has 0 heteroatoms. The van der Waals surface area contributed by atoms with E-state index in [0.29, 0.717) is 0 Å². The van der Waals surface area contributed by atoms with Gasteiger partial charge in [0, 0.05) is 0 Å². The molecule has 0 amide bonds. The number of hydrogen-bond acceptors (Lipinski definition) is 0. The smallest absolute Gasteiger partial charge is 0.0162 e. The van der Waals surface area contributed by atoms with Crippen LogP contribution in [0.5, 0.6) is 0 Å². The molecule has 1 aromatic carbocycles. The third kappa shape index (κ3) is 5.86. The van der Waals surface area contributed by atoms with Crippen LogP contribution in [0.25, 0.3) is 0 Å². The fourth-order valence-corrected chi connectivity index (χ4v) is 5.65. The van der Waals surface area contributed by atoms with Crippen LogP contribution >= 0.6 is 0 Å². The van der Waals surface area contributed by atoms with Crippen molar-refractivity contribution in [2.24, 2.45) is 17.8 Å². The number of aryl methyl sites for hydroxylation is 1. The fraction of sp³-hybridized carbons (Fsp3) is 0.769. The summed E-state index contributed by atoms with van der Waals surface area (Å²) in [5, 5.41) is 0. The second-order valence-electron chi connectivity index (χ2n) is 9.44. The Morgan fingerprint density at radius 2 is 1.23 bits per heavy atom. The van der Waals surface area contributed by atoms with E-state index in [4.69, 9.17) is 0 Å². The molecular formula is C26H42. The van der Waals surface area contributed by atoms with E-state index in [1.807, 2.05) is 0 Å². The highest BCUT2D eigenvalue weighted by Gasteiger charge is 2.23. The molecule has 26 heavy (non-hydrogen) atoms. The molecule has 0 nitrogen and oxygen atoms in total. The average molecular weight is 355 g/mol. The van der Waals surface area contributed by atoms with Gasteiger partial charge in [-0.25, -0.2) is 0 Å². The SMILES string of the molecule is CCCc1ccc(C2CCC(CCCC3CCC(CC)CC3)CC2)cc1. The molecule has 3 rings (SSSR count). The first-order valence-corrected chi connectivity index (χ1v) is 11.9. The molecule has 0 spiro atoms. The predicted molar refractivity (Wildman–Crippen MR) is 115 cm³/mol. The van der Waals surface area contributed by atoms with Crippen LogP contribution in [0.4, 0.5) is 0 Å². The monoisotopic (exact) mass is 354 g/mol. The zero-order chi connectivity index (χ0) is 18.2. The van der Waals surface area contributed by atoms with Crippen molar-refractivity contribution in [2.75, 3.05) is 0 Å². The molecule has 0 bridgehead atoms. The van der Waals surface area contributed by atoms with Gasteiger partial charge < -0.3 is 0 Å². The van der Waals surface area contributed by atoms with Gasteiger partial charge >= 0.3 is 0 Å². The van der Waals surface area contributed by atoms with Gasteiger partial charge in [-0.15, -0.1) is 0 Å². The molecule has 0 saturated heterocycles. The van der Waals surface area contributed by atoms with Crippen LogP contribution in [0.15, 0.2) is 24.3 Å². The molecule has 2 aliphatic rings. The number of benzene rings is 1. The predicted octanol–water partition coefficient (Wildman–Crippen LogP) is 8.30. The summed E-state index contributed by atoms with van der Waals surface area (Å²) in [6, 6.07) is 9.58. The van der Waals surface area contributed by atoms with Crippen molar-refractivity contribution in [1.82, 2.24) is 0 Å². The summed E-state index contributed by atoms with van der Waals surface area (Å²) in [5.41, 5.74) is 3.12. The highest BCUT2D eigenvalue weighted by atomic mass is 14.3. The van der Waals surface area contributed by atoms with Gasteiger partial charge in [0.05, 0.1) is 0 Å². The molecule has 0 aromatic heterocycles. The van der Waals surface area contributed by atoms with Crippen molar-refractivity contribution >= 4 is 0 Å². The van der Waals surface area contributed by atoms with Gasteiger partial charge in [0.15, 0.2) is 0 Å². The van der Waals surface area contributed by atoms with Crippen molar-refractivity contribution in [2.45, 2.75) is 110 Å². The van der Waals surface area contributed by atoms with Crippen molar-refractivity contribution in [1.29, 1.82) is 0 Å².